The average molecular weight is 776 g/mol. The smallest absolute Gasteiger partial charge is 0.255 e. The van der Waals surface area contributed by atoms with Gasteiger partial charge in [-0.2, -0.15) is 0 Å². The van der Waals surface area contributed by atoms with E-state index >= 15 is 4.39 Å². The monoisotopic (exact) mass is 775 g/mol. The fraction of sp³-hybridized carbons (Fsp3) is 0.400. The van der Waals surface area contributed by atoms with Gasteiger partial charge in [0.1, 0.15) is 29.2 Å². The van der Waals surface area contributed by atoms with Gasteiger partial charge in [-0.25, -0.2) is 8.78 Å². The Bertz CT molecular complexity index is 2230. The van der Waals surface area contributed by atoms with E-state index in [-0.39, 0.29) is 47.5 Å². The van der Waals surface area contributed by atoms with E-state index < -0.39 is 11.9 Å². The lowest BCUT2D eigenvalue weighted by atomic mass is 9.74. The molecule has 296 valence electrons. The Morgan fingerprint density at radius 2 is 1.61 bits per heavy atom. The number of carbonyl (C=O) groups is 3. The molecule has 10 nitrogen and oxygen atoms in total. The molecule has 0 radical (unpaired) electrons. The van der Waals surface area contributed by atoms with E-state index in [9.17, 15) is 23.9 Å². The summed E-state index contributed by atoms with van der Waals surface area (Å²) in [5.74, 6) is -0.607. The maximum Gasteiger partial charge on any atom is 0.255 e. The molecule has 0 aliphatic carbocycles. The summed E-state index contributed by atoms with van der Waals surface area (Å²) in [5.41, 5.74) is 6.68. The minimum atomic E-state index is -0.618. The number of amides is 3. The Hall–Kier alpha value is -5.49. The van der Waals surface area contributed by atoms with Crippen LogP contribution in [0.3, 0.4) is 0 Å². The third kappa shape index (κ3) is 7.20. The summed E-state index contributed by atoms with van der Waals surface area (Å²) >= 11 is 0. The van der Waals surface area contributed by atoms with Crippen LogP contribution < -0.4 is 19.9 Å². The molecule has 3 fully saturated rings. The standard InChI is InChI=1S/C45H47F2N5O5/c1-27-20-31(46)3-6-34(27)37-26-57-41-23-33(53)5-8-36(41)43(37)29-2-9-39(38(47)22-29)51-14-12-28(13-15-51)24-49-16-18-50(19-17-49)32-4-7-35-30(21-32)25-52(45(35)56)40-10-11-42(54)48-44(40)55/h2-9,20-23,28,37,40,43,53H,10-19,24-26H2,1H3,(H,48,54,55)/t37-,40+,43-/m1/s1. The molecule has 12 heteroatoms. The number of nitrogens with one attached hydrogen (secondary N) is 1. The number of piperidine rings is 2. The van der Waals surface area contributed by atoms with Gasteiger partial charge in [0, 0.05) is 93.5 Å². The van der Waals surface area contributed by atoms with E-state index in [1.165, 1.54) is 12.1 Å². The molecule has 5 aliphatic heterocycles. The molecule has 0 saturated carbocycles. The highest BCUT2D eigenvalue weighted by Crippen LogP contribution is 2.48. The second kappa shape index (κ2) is 15.1. The molecule has 4 aromatic carbocycles. The van der Waals surface area contributed by atoms with Crippen molar-refractivity contribution in [1.29, 1.82) is 0 Å². The number of phenolic OH excluding ortho intramolecular Hbond substituents is 1. The molecule has 0 spiro atoms. The number of anilines is 2. The predicted molar refractivity (Wildman–Crippen MR) is 212 cm³/mol. The van der Waals surface area contributed by atoms with Crippen molar-refractivity contribution in [3.8, 4) is 11.5 Å². The van der Waals surface area contributed by atoms with E-state index in [4.69, 9.17) is 4.74 Å². The number of aryl methyl sites for hydroxylation is 1. The van der Waals surface area contributed by atoms with Gasteiger partial charge in [0.25, 0.3) is 5.91 Å². The first kappa shape index (κ1) is 37.1. The maximum atomic E-state index is 16.1. The minimum Gasteiger partial charge on any atom is -0.508 e. The van der Waals surface area contributed by atoms with Crippen LogP contribution in [0.15, 0.2) is 72.8 Å². The lowest BCUT2D eigenvalue weighted by Crippen LogP contribution is -2.52. The van der Waals surface area contributed by atoms with E-state index in [0.717, 1.165) is 92.2 Å². The maximum absolute atomic E-state index is 16.1. The van der Waals surface area contributed by atoms with Crippen molar-refractivity contribution < 1.29 is 33.0 Å². The first-order chi connectivity index (χ1) is 27.6. The number of ether oxygens (including phenoxy) is 1. The molecule has 0 aromatic heterocycles. The van der Waals surface area contributed by atoms with E-state index in [1.807, 2.05) is 37.3 Å². The van der Waals surface area contributed by atoms with Crippen LogP contribution in [0, 0.1) is 24.5 Å². The molecule has 3 saturated heterocycles. The third-order valence-electron chi connectivity index (χ3n) is 12.8. The Kier molecular flexibility index (Phi) is 9.84. The normalized spacial score (nSPS) is 23.0. The molecule has 0 unspecified atom stereocenters. The number of halogens is 2. The highest BCUT2D eigenvalue weighted by molar-refractivity contribution is 6.05. The van der Waals surface area contributed by atoms with Crippen LogP contribution in [-0.2, 0) is 16.1 Å². The average Bonchev–Trinajstić information content (AvgIpc) is 3.53. The SMILES string of the molecule is Cc1cc(F)ccc1[C@H]1COc2cc(O)ccc2[C@H]1c1ccc(N2CCC(CN3CCN(c4ccc5c(c4)CN([C@H]4CCC(=O)NC4=O)C5=O)CC3)CC2)c(F)c1. The zero-order valence-corrected chi connectivity index (χ0v) is 32.1. The van der Waals surface area contributed by atoms with Gasteiger partial charge >= 0.3 is 0 Å². The van der Waals surface area contributed by atoms with Gasteiger partial charge in [-0.05, 0) is 103 Å². The largest absolute Gasteiger partial charge is 0.508 e. The van der Waals surface area contributed by atoms with Crippen LogP contribution in [0.1, 0.15) is 75.7 Å². The van der Waals surface area contributed by atoms with Crippen molar-refractivity contribution in [3.63, 3.8) is 0 Å². The predicted octanol–water partition coefficient (Wildman–Crippen LogP) is 6.09. The zero-order valence-electron chi connectivity index (χ0n) is 32.1. The zero-order chi connectivity index (χ0) is 39.4. The number of fused-ring (bicyclic) bond motifs is 2. The lowest BCUT2D eigenvalue weighted by Gasteiger charge is -2.40. The second-order valence-electron chi connectivity index (χ2n) is 16.3. The number of nitrogens with zero attached hydrogens (tertiary/aromatic N) is 4. The van der Waals surface area contributed by atoms with Gasteiger partial charge < -0.3 is 24.5 Å². The Morgan fingerprint density at radius 1 is 0.825 bits per heavy atom. The molecule has 2 N–H and O–H groups in total. The van der Waals surface area contributed by atoms with Gasteiger partial charge in [0.2, 0.25) is 11.8 Å². The number of aromatic hydroxyl groups is 1. The number of hydrogen-bond donors (Lipinski definition) is 2. The topological polar surface area (TPSA) is 106 Å². The van der Waals surface area contributed by atoms with Gasteiger partial charge in [-0.1, -0.05) is 18.2 Å². The van der Waals surface area contributed by atoms with Crippen LogP contribution in [0.2, 0.25) is 0 Å². The quantitative estimate of drug-likeness (QED) is 0.218. The number of carbonyl (C=O) groups excluding carboxylic acids is 3. The number of hydrogen-bond acceptors (Lipinski definition) is 8. The molecular formula is C45H47F2N5O5. The van der Waals surface area contributed by atoms with Crippen LogP contribution in [0.25, 0.3) is 0 Å². The summed E-state index contributed by atoms with van der Waals surface area (Å²) in [6, 6.07) is 20.7. The molecule has 5 aliphatic rings. The summed E-state index contributed by atoms with van der Waals surface area (Å²) in [5, 5.41) is 12.5. The summed E-state index contributed by atoms with van der Waals surface area (Å²) in [6.45, 7) is 8.76. The number of rotatable bonds is 7. The first-order valence-electron chi connectivity index (χ1n) is 20.1. The summed E-state index contributed by atoms with van der Waals surface area (Å²) in [6.07, 6.45) is 2.55. The second-order valence-corrected chi connectivity index (χ2v) is 16.3. The highest BCUT2D eigenvalue weighted by Gasteiger charge is 2.40. The van der Waals surface area contributed by atoms with Crippen molar-refractivity contribution in [2.24, 2.45) is 5.92 Å². The van der Waals surface area contributed by atoms with Crippen LogP contribution in [0.5, 0.6) is 11.5 Å². The number of piperazine rings is 1. The van der Waals surface area contributed by atoms with Crippen molar-refractivity contribution in [3.05, 3.63) is 118 Å². The van der Waals surface area contributed by atoms with E-state index in [0.29, 0.717) is 42.5 Å². The highest BCUT2D eigenvalue weighted by atomic mass is 19.1. The van der Waals surface area contributed by atoms with Gasteiger partial charge in [-0.15, -0.1) is 0 Å². The fourth-order valence-electron chi connectivity index (χ4n) is 9.77. The van der Waals surface area contributed by atoms with Crippen molar-refractivity contribution in [1.82, 2.24) is 15.1 Å². The van der Waals surface area contributed by atoms with E-state index in [1.54, 1.807) is 29.2 Å². The number of phenols is 1. The first-order valence-corrected chi connectivity index (χ1v) is 20.1. The minimum absolute atomic E-state index is 0.105. The molecule has 3 amide bonds. The van der Waals surface area contributed by atoms with Crippen molar-refractivity contribution in [2.75, 3.05) is 62.2 Å². The molecule has 9 rings (SSSR count). The summed E-state index contributed by atoms with van der Waals surface area (Å²) in [7, 11) is 0. The van der Waals surface area contributed by atoms with Crippen LogP contribution in [0.4, 0.5) is 20.2 Å². The Balaban J connectivity index is 0.805. The molecular weight excluding hydrogens is 729 g/mol. The van der Waals surface area contributed by atoms with Gasteiger partial charge in [-0.3, -0.25) is 24.6 Å². The Morgan fingerprint density at radius 3 is 2.37 bits per heavy atom. The molecule has 3 atom stereocenters. The summed E-state index contributed by atoms with van der Waals surface area (Å²) in [4.78, 5) is 45.9. The van der Waals surface area contributed by atoms with Crippen molar-refractivity contribution in [2.45, 2.75) is 57.0 Å². The lowest BCUT2D eigenvalue weighted by molar-refractivity contribution is -0.136. The summed E-state index contributed by atoms with van der Waals surface area (Å²) < 4.78 is 36.3. The fourth-order valence-corrected chi connectivity index (χ4v) is 9.77. The number of benzene rings is 4. The van der Waals surface area contributed by atoms with Gasteiger partial charge in [0.15, 0.2) is 0 Å². The number of imide groups is 1. The van der Waals surface area contributed by atoms with E-state index in [2.05, 4.69) is 26.1 Å². The van der Waals surface area contributed by atoms with Crippen LogP contribution >= 0.6 is 0 Å². The van der Waals surface area contributed by atoms with Gasteiger partial charge in [0.05, 0.1) is 12.3 Å². The van der Waals surface area contributed by atoms with Crippen molar-refractivity contribution >= 4 is 29.1 Å². The molecule has 57 heavy (non-hydrogen) atoms. The molecule has 0 bridgehead atoms. The third-order valence-corrected chi connectivity index (χ3v) is 12.8. The molecule has 4 aromatic rings. The molecule has 5 heterocycles. The van der Waals surface area contributed by atoms with Crippen LogP contribution in [-0.4, -0.2) is 91.1 Å². The Labute approximate surface area is 331 Å².